The fraction of sp³-hybridized carbons (Fsp3) is 1.00. The molecule has 4 heteroatoms. The van der Waals surface area contributed by atoms with E-state index in [4.69, 9.17) is 0 Å². The van der Waals surface area contributed by atoms with Crippen molar-refractivity contribution in [1.29, 1.82) is 0 Å². The standard InChI is InChI=1S/C15H31N3O/c1-4-17-7-9-18(10-8-17)13(2)11-15(3,12-19)16-14-5-6-14/h13-14,16,19H,4-12H2,1-3H3. The molecule has 2 aliphatic rings. The fourth-order valence-electron chi connectivity index (χ4n) is 3.19. The molecule has 1 saturated heterocycles. The van der Waals surface area contributed by atoms with Gasteiger partial charge in [0.2, 0.25) is 0 Å². The summed E-state index contributed by atoms with van der Waals surface area (Å²) in [6, 6.07) is 1.20. The molecule has 2 N–H and O–H groups in total. The van der Waals surface area contributed by atoms with Gasteiger partial charge in [-0.05, 0) is 39.7 Å². The van der Waals surface area contributed by atoms with Crippen LogP contribution in [0.1, 0.15) is 40.0 Å². The van der Waals surface area contributed by atoms with Crippen molar-refractivity contribution in [3.05, 3.63) is 0 Å². The highest BCUT2D eigenvalue weighted by atomic mass is 16.3. The molecule has 0 bridgehead atoms. The number of aliphatic hydroxyl groups excluding tert-OH is 1. The Hall–Kier alpha value is -0.160. The van der Waals surface area contributed by atoms with Crippen molar-refractivity contribution in [2.24, 2.45) is 0 Å². The van der Waals surface area contributed by atoms with Gasteiger partial charge in [-0.2, -0.15) is 0 Å². The van der Waals surface area contributed by atoms with Gasteiger partial charge in [-0.1, -0.05) is 6.92 Å². The Bertz CT molecular complexity index is 275. The number of hydrogen-bond donors (Lipinski definition) is 2. The summed E-state index contributed by atoms with van der Waals surface area (Å²) in [5.74, 6) is 0. The first kappa shape index (κ1) is 15.2. The van der Waals surface area contributed by atoms with Gasteiger partial charge in [0.15, 0.2) is 0 Å². The number of hydrogen-bond acceptors (Lipinski definition) is 4. The third-order valence-electron chi connectivity index (χ3n) is 4.70. The van der Waals surface area contributed by atoms with E-state index in [9.17, 15) is 5.11 Å². The molecular formula is C15H31N3O. The third kappa shape index (κ3) is 4.42. The van der Waals surface area contributed by atoms with Crippen LogP contribution in [0.25, 0.3) is 0 Å². The molecule has 19 heavy (non-hydrogen) atoms. The summed E-state index contributed by atoms with van der Waals surface area (Å²) in [5, 5.41) is 13.3. The summed E-state index contributed by atoms with van der Waals surface area (Å²) in [6.45, 7) is 12.8. The van der Waals surface area contributed by atoms with Crippen LogP contribution in [-0.2, 0) is 0 Å². The Balaban J connectivity index is 1.80. The number of aliphatic hydroxyl groups is 1. The quantitative estimate of drug-likeness (QED) is 0.720. The van der Waals surface area contributed by atoms with Crippen LogP contribution < -0.4 is 5.32 Å². The second-order valence-corrected chi connectivity index (χ2v) is 6.66. The van der Waals surface area contributed by atoms with E-state index in [0.29, 0.717) is 12.1 Å². The van der Waals surface area contributed by atoms with Crippen molar-refractivity contribution < 1.29 is 5.11 Å². The smallest absolute Gasteiger partial charge is 0.0611 e. The van der Waals surface area contributed by atoms with Crippen LogP contribution in [0.3, 0.4) is 0 Å². The minimum Gasteiger partial charge on any atom is -0.394 e. The molecule has 2 rings (SSSR count). The molecule has 2 unspecified atom stereocenters. The molecule has 0 aromatic rings. The van der Waals surface area contributed by atoms with Crippen LogP contribution >= 0.6 is 0 Å². The molecule has 0 radical (unpaired) electrons. The zero-order chi connectivity index (χ0) is 13.9. The molecule has 1 saturated carbocycles. The van der Waals surface area contributed by atoms with Crippen molar-refractivity contribution in [2.45, 2.75) is 57.7 Å². The molecule has 1 heterocycles. The van der Waals surface area contributed by atoms with Gasteiger partial charge in [-0.3, -0.25) is 4.90 Å². The van der Waals surface area contributed by atoms with E-state index in [1.807, 2.05) is 0 Å². The van der Waals surface area contributed by atoms with E-state index in [1.54, 1.807) is 0 Å². The van der Waals surface area contributed by atoms with Crippen molar-refractivity contribution in [3.8, 4) is 0 Å². The molecule has 4 nitrogen and oxygen atoms in total. The first-order chi connectivity index (χ1) is 9.06. The van der Waals surface area contributed by atoms with Crippen LogP contribution in [0, 0.1) is 0 Å². The van der Waals surface area contributed by atoms with Gasteiger partial charge in [-0.15, -0.1) is 0 Å². The first-order valence-electron chi connectivity index (χ1n) is 7.91. The Morgan fingerprint density at radius 1 is 1.26 bits per heavy atom. The van der Waals surface area contributed by atoms with Gasteiger partial charge >= 0.3 is 0 Å². The third-order valence-corrected chi connectivity index (χ3v) is 4.70. The monoisotopic (exact) mass is 269 g/mol. The minimum absolute atomic E-state index is 0.109. The van der Waals surface area contributed by atoms with Crippen molar-refractivity contribution in [3.63, 3.8) is 0 Å². The molecule has 1 aliphatic carbocycles. The van der Waals surface area contributed by atoms with E-state index >= 15 is 0 Å². The topological polar surface area (TPSA) is 38.7 Å². The molecule has 0 aromatic heterocycles. The largest absolute Gasteiger partial charge is 0.394 e. The predicted molar refractivity (Wildman–Crippen MR) is 79.4 cm³/mol. The van der Waals surface area contributed by atoms with Gasteiger partial charge < -0.3 is 15.3 Å². The van der Waals surface area contributed by atoms with Gasteiger partial charge in [0.1, 0.15) is 0 Å². The molecule has 112 valence electrons. The van der Waals surface area contributed by atoms with Crippen molar-refractivity contribution in [1.82, 2.24) is 15.1 Å². The zero-order valence-electron chi connectivity index (χ0n) is 12.9. The molecule has 2 fully saturated rings. The summed E-state index contributed by atoms with van der Waals surface area (Å²) < 4.78 is 0. The number of rotatable bonds is 7. The van der Waals surface area contributed by atoms with Crippen LogP contribution in [0.5, 0.6) is 0 Å². The molecular weight excluding hydrogens is 238 g/mol. The summed E-state index contributed by atoms with van der Waals surface area (Å²) in [5.41, 5.74) is -0.109. The maximum Gasteiger partial charge on any atom is 0.0611 e. The van der Waals surface area contributed by atoms with Crippen LogP contribution in [0.4, 0.5) is 0 Å². The lowest BCUT2D eigenvalue weighted by Gasteiger charge is -2.41. The molecule has 1 aliphatic heterocycles. The Morgan fingerprint density at radius 3 is 2.37 bits per heavy atom. The van der Waals surface area contributed by atoms with E-state index in [-0.39, 0.29) is 12.1 Å². The Kier molecular flexibility index (Phi) is 5.23. The lowest BCUT2D eigenvalue weighted by Crippen LogP contribution is -2.54. The van der Waals surface area contributed by atoms with Crippen molar-refractivity contribution in [2.75, 3.05) is 39.3 Å². The first-order valence-corrected chi connectivity index (χ1v) is 7.91. The average Bonchev–Trinajstić information content (AvgIpc) is 3.22. The molecule has 0 amide bonds. The van der Waals surface area contributed by atoms with Crippen LogP contribution in [0.2, 0.25) is 0 Å². The minimum atomic E-state index is -0.109. The maximum absolute atomic E-state index is 9.70. The Morgan fingerprint density at radius 2 is 1.89 bits per heavy atom. The van der Waals surface area contributed by atoms with Crippen LogP contribution in [0.15, 0.2) is 0 Å². The highest BCUT2D eigenvalue weighted by molar-refractivity contribution is 4.94. The predicted octanol–water partition coefficient (Wildman–Crippen LogP) is 0.906. The second-order valence-electron chi connectivity index (χ2n) is 6.66. The summed E-state index contributed by atoms with van der Waals surface area (Å²) in [4.78, 5) is 5.09. The van der Waals surface area contributed by atoms with Crippen molar-refractivity contribution >= 4 is 0 Å². The average molecular weight is 269 g/mol. The van der Waals surface area contributed by atoms with E-state index in [2.05, 4.69) is 35.9 Å². The fourth-order valence-corrected chi connectivity index (χ4v) is 3.19. The summed E-state index contributed by atoms with van der Waals surface area (Å²) in [7, 11) is 0. The maximum atomic E-state index is 9.70. The van der Waals surface area contributed by atoms with Crippen LogP contribution in [-0.4, -0.2) is 71.9 Å². The number of nitrogens with zero attached hydrogens (tertiary/aromatic N) is 2. The highest BCUT2D eigenvalue weighted by Crippen LogP contribution is 2.25. The molecule has 0 aromatic carbocycles. The normalized spacial score (nSPS) is 27.2. The number of likely N-dealkylation sites (N-methyl/N-ethyl adjacent to an activating group) is 1. The van der Waals surface area contributed by atoms with Gasteiger partial charge in [0, 0.05) is 43.8 Å². The Labute approximate surface area is 118 Å². The van der Waals surface area contributed by atoms with E-state index < -0.39 is 0 Å². The summed E-state index contributed by atoms with van der Waals surface area (Å²) >= 11 is 0. The van der Waals surface area contributed by atoms with E-state index in [0.717, 1.165) is 6.42 Å². The number of piperazine rings is 1. The van der Waals surface area contributed by atoms with Gasteiger partial charge in [-0.25, -0.2) is 0 Å². The molecule has 2 atom stereocenters. The van der Waals surface area contributed by atoms with Gasteiger partial charge in [0.25, 0.3) is 0 Å². The highest BCUT2D eigenvalue weighted by Gasteiger charge is 2.34. The summed E-state index contributed by atoms with van der Waals surface area (Å²) in [6.07, 6.45) is 3.59. The SMILES string of the molecule is CCN1CCN(C(C)CC(C)(CO)NC2CC2)CC1. The lowest BCUT2D eigenvalue weighted by molar-refractivity contribution is 0.0729. The van der Waals surface area contributed by atoms with E-state index in [1.165, 1.54) is 45.6 Å². The van der Waals surface area contributed by atoms with Gasteiger partial charge in [0.05, 0.1) is 6.61 Å². The zero-order valence-corrected chi connectivity index (χ0v) is 12.9. The number of nitrogens with one attached hydrogen (secondary N) is 1. The second kappa shape index (κ2) is 6.53. The lowest BCUT2D eigenvalue weighted by atomic mass is 9.93. The molecule has 0 spiro atoms.